The number of unbranched alkanes of at least 4 members (excludes halogenated alkanes) is 1. The lowest BCUT2D eigenvalue weighted by Gasteiger charge is -2.30. The van der Waals surface area contributed by atoms with Crippen LogP contribution < -0.4 is 0 Å². The number of rotatable bonds is 12. The van der Waals surface area contributed by atoms with E-state index in [-0.39, 0.29) is 0 Å². The van der Waals surface area contributed by atoms with Gasteiger partial charge in [0.05, 0.1) is 0 Å². The fraction of sp³-hybridized carbons (Fsp3) is 1.00. The molecule has 1 fully saturated rings. The zero-order chi connectivity index (χ0) is 15.3. The molecule has 3 heteroatoms. The standard InChI is InChI=1S/C18H37NOS/c1-4-9-17(5-2)10-7-8-15-20-16-18-11-13-19(14-12-18)21-6-3/h17-18H,4-16H2,1-3H3. The van der Waals surface area contributed by atoms with Gasteiger partial charge in [-0.3, -0.25) is 4.31 Å². The first kappa shape index (κ1) is 19.3. The van der Waals surface area contributed by atoms with E-state index in [0.29, 0.717) is 0 Å². The van der Waals surface area contributed by atoms with Crippen molar-refractivity contribution < 1.29 is 4.74 Å². The van der Waals surface area contributed by atoms with Crippen LogP contribution in [0.5, 0.6) is 0 Å². The van der Waals surface area contributed by atoms with Crippen LogP contribution in [0.4, 0.5) is 0 Å². The summed E-state index contributed by atoms with van der Waals surface area (Å²) in [5, 5.41) is 0. The Labute approximate surface area is 137 Å². The normalized spacial score (nSPS) is 19.0. The summed E-state index contributed by atoms with van der Waals surface area (Å²) in [5.74, 6) is 2.97. The average molecular weight is 316 g/mol. The first-order valence-electron chi connectivity index (χ1n) is 9.25. The predicted molar refractivity (Wildman–Crippen MR) is 95.8 cm³/mol. The van der Waals surface area contributed by atoms with Gasteiger partial charge in [0.2, 0.25) is 0 Å². The van der Waals surface area contributed by atoms with Crippen LogP contribution in [-0.4, -0.2) is 36.4 Å². The Hall–Kier alpha value is 0.270. The second-order valence-electron chi connectivity index (χ2n) is 6.42. The fourth-order valence-corrected chi connectivity index (χ4v) is 4.07. The van der Waals surface area contributed by atoms with Crippen molar-refractivity contribution in [1.29, 1.82) is 0 Å². The summed E-state index contributed by atoms with van der Waals surface area (Å²) in [6, 6.07) is 0. The maximum absolute atomic E-state index is 5.92. The molecule has 126 valence electrons. The van der Waals surface area contributed by atoms with Gasteiger partial charge >= 0.3 is 0 Å². The molecule has 1 rings (SSSR count). The number of hydrogen-bond acceptors (Lipinski definition) is 3. The van der Waals surface area contributed by atoms with Gasteiger partial charge in [-0.05, 0) is 31.1 Å². The third-order valence-electron chi connectivity index (χ3n) is 4.66. The maximum Gasteiger partial charge on any atom is 0.0495 e. The van der Waals surface area contributed by atoms with Crippen LogP contribution in [0.25, 0.3) is 0 Å². The summed E-state index contributed by atoms with van der Waals surface area (Å²) >= 11 is 1.99. The van der Waals surface area contributed by atoms with E-state index in [1.807, 2.05) is 11.9 Å². The largest absolute Gasteiger partial charge is 0.381 e. The van der Waals surface area contributed by atoms with Crippen LogP contribution in [0.15, 0.2) is 0 Å². The van der Waals surface area contributed by atoms with E-state index < -0.39 is 0 Å². The molecule has 1 unspecified atom stereocenters. The molecule has 1 aliphatic rings. The Balaban J connectivity index is 1.93. The van der Waals surface area contributed by atoms with Gasteiger partial charge in [-0.15, -0.1) is 0 Å². The molecule has 0 aromatic carbocycles. The van der Waals surface area contributed by atoms with E-state index in [2.05, 4.69) is 25.1 Å². The molecule has 2 nitrogen and oxygen atoms in total. The second-order valence-corrected chi connectivity index (χ2v) is 7.78. The van der Waals surface area contributed by atoms with Gasteiger partial charge in [-0.2, -0.15) is 0 Å². The summed E-state index contributed by atoms with van der Waals surface area (Å²) in [4.78, 5) is 0. The molecule has 0 aromatic heterocycles. The molecule has 21 heavy (non-hydrogen) atoms. The van der Waals surface area contributed by atoms with Gasteiger partial charge in [0.1, 0.15) is 0 Å². The van der Waals surface area contributed by atoms with E-state index in [0.717, 1.165) is 25.0 Å². The van der Waals surface area contributed by atoms with Gasteiger partial charge < -0.3 is 4.74 Å². The Morgan fingerprint density at radius 3 is 2.48 bits per heavy atom. The maximum atomic E-state index is 5.92. The SMILES string of the molecule is CCCC(CC)CCCCOCC1CCN(SCC)CC1. The average Bonchev–Trinajstić information content (AvgIpc) is 2.51. The van der Waals surface area contributed by atoms with E-state index in [9.17, 15) is 0 Å². The molecule has 1 atom stereocenters. The molecule has 0 aromatic rings. The molecule has 0 spiro atoms. The number of nitrogens with zero attached hydrogens (tertiary/aromatic N) is 1. The fourth-order valence-electron chi connectivity index (χ4n) is 3.24. The van der Waals surface area contributed by atoms with Crippen LogP contribution in [0.3, 0.4) is 0 Å². The topological polar surface area (TPSA) is 12.5 Å². The van der Waals surface area contributed by atoms with Crippen molar-refractivity contribution >= 4 is 11.9 Å². The summed E-state index contributed by atoms with van der Waals surface area (Å²) in [5.41, 5.74) is 0. The third-order valence-corrected chi connectivity index (χ3v) is 5.65. The molecular formula is C18H37NOS. The highest BCUT2D eigenvalue weighted by Gasteiger charge is 2.18. The molecule has 1 saturated heterocycles. The quantitative estimate of drug-likeness (QED) is 0.354. The summed E-state index contributed by atoms with van der Waals surface area (Å²) in [7, 11) is 0. The number of piperidine rings is 1. The van der Waals surface area contributed by atoms with Crippen molar-refractivity contribution in [2.45, 2.75) is 72.1 Å². The van der Waals surface area contributed by atoms with Crippen LogP contribution in [0.2, 0.25) is 0 Å². The van der Waals surface area contributed by atoms with Crippen LogP contribution in [0, 0.1) is 11.8 Å². The van der Waals surface area contributed by atoms with E-state index >= 15 is 0 Å². The smallest absolute Gasteiger partial charge is 0.0495 e. The van der Waals surface area contributed by atoms with Crippen molar-refractivity contribution in [1.82, 2.24) is 4.31 Å². The van der Waals surface area contributed by atoms with Crippen LogP contribution in [-0.2, 0) is 4.74 Å². The van der Waals surface area contributed by atoms with Crippen molar-refractivity contribution in [2.24, 2.45) is 11.8 Å². The molecule has 0 N–H and O–H groups in total. The molecule has 1 aliphatic heterocycles. The molecule has 0 radical (unpaired) electrons. The molecule has 0 saturated carbocycles. The van der Waals surface area contributed by atoms with Crippen molar-refractivity contribution in [3.63, 3.8) is 0 Å². The van der Waals surface area contributed by atoms with Gasteiger partial charge in [0.15, 0.2) is 0 Å². The highest BCUT2D eigenvalue weighted by molar-refractivity contribution is 7.96. The zero-order valence-electron chi connectivity index (χ0n) is 14.6. The number of ether oxygens (including phenoxy) is 1. The predicted octanol–water partition coefficient (Wildman–Crippen LogP) is 5.38. The summed E-state index contributed by atoms with van der Waals surface area (Å²) in [6.07, 6.45) is 10.7. The van der Waals surface area contributed by atoms with Crippen LogP contribution >= 0.6 is 11.9 Å². The Bertz CT molecular complexity index is 229. The van der Waals surface area contributed by atoms with E-state index in [1.165, 1.54) is 70.2 Å². The minimum atomic E-state index is 0.808. The lowest BCUT2D eigenvalue weighted by atomic mass is 9.95. The Morgan fingerprint density at radius 2 is 1.86 bits per heavy atom. The van der Waals surface area contributed by atoms with E-state index in [4.69, 9.17) is 4.74 Å². The highest BCUT2D eigenvalue weighted by atomic mass is 32.2. The molecule has 0 bridgehead atoms. The van der Waals surface area contributed by atoms with Gasteiger partial charge in [-0.1, -0.05) is 64.8 Å². The van der Waals surface area contributed by atoms with Crippen LogP contribution in [0.1, 0.15) is 72.1 Å². The third kappa shape index (κ3) is 9.10. The Morgan fingerprint density at radius 1 is 1.10 bits per heavy atom. The lowest BCUT2D eigenvalue weighted by Crippen LogP contribution is -2.30. The molecular weight excluding hydrogens is 278 g/mol. The lowest BCUT2D eigenvalue weighted by molar-refractivity contribution is 0.0774. The summed E-state index contributed by atoms with van der Waals surface area (Å²) in [6.45, 7) is 11.4. The molecule has 1 heterocycles. The van der Waals surface area contributed by atoms with Crippen molar-refractivity contribution in [3.8, 4) is 0 Å². The zero-order valence-corrected chi connectivity index (χ0v) is 15.4. The highest BCUT2D eigenvalue weighted by Crippen LogP contribution is 2.23. The number of hydrogen-bond donors (Lipinski definition) is 0. The minimum Gasteiger partial charge on any atom is -0.381 e. The second kappa shape index (κ2) is 12.8. The molecule has 0 aliphatic carbocycles. The minimum absolute atomic E-state index is 0.808. The molecule has 0 amide bonds. The monoisotopic (exact) mass is 315 g/mol. The first-order valence-corrected chi connectivity index (χ1v) is 10.2. The first-order chi connectivity index (χ1) is 10.3. The Kier molecular flexibility index (Phi) is 11.8. The van der Waals surface area contributed by atoms with Gasteiger partial charge in [0.25, 0.3) is 0 Å². The van der Waals surface area contributed by atoms with Gasteiger partial charge in [0, 0.05) is 32.1 Å². The van der Waals surface area contributed by atoms with Crippen molar-refractivity contribution in [3.05, 3.63) is 0 Å². The van der Waals surface area contributed by atoms with Crippen molar-refractivity contribution in [2.75, 3.05) is 32.1 Å². The van der Waals surface area contributed by atoms with E-state index in [1.54, 1.807) is 0 Å². The summed E-state index contributed by atoms with van der Waals surface area (Å²) < 4.78 is 8.44. The van der Waals surface area contributed by atoms with Gasteiger partial charge in [-0.25, -0.2) is 0 Å².